The zero-order valence-corrected chi connectivity index (χ0v) is 16.8. The maximum atomic E-state index is 5.57. The predicted molar refractivity (Wildman–Crippen MR) is 117 cm³/mol. The molecule has 1 aliphatic rings. The van der Waals surface area contributed by atoms with Gasteiger partial charge in [-0.2, -0.15) is 5.10 Å². The molecule has 0 saturated carbocycles. The first-order valence-corrected chi connectivity index (χ1v) is 9.59. The molecule has 3 aromatic carbocycles. The molecule has 1 heterocycles. The average Bonchev–Trinajstić information content (AvgIpc) is 2.94. The molecule has 0 spiro atoms. The molecule has 0 unspecified atom stereocenters. The van der Waals surface area contributed by atoms with Gasteiger partial charge in [0.15, 0.2) is 5.84 Å². The Morgan fingerprint density at radius 1 is 0.862 bits per heavy atom. The molecule has 0 radical (unpaired) electrons. The lowest BCUT2D eigenvalue weighted by Crippen LogP contribution is -2.19. The second-order valence-electron chi connectivity index (χ2n) is 6.74. The van der Waals surface area contributed by atoms with Crippen molar-refractivity contribution in [3.63, 3.8) is 0 Å². The first-order chi connectivity index (χ1) is 14.2. The monoisotopic (exact) mass is 385 g/mol. The summed E-state index contributed by atoms with van der Waals surface area (Å²) in [7, 11) is 1.66. The molecular weight excluding hydrogens is 362 g/mol. The van der Waals surface area contributed by atoms with Crippen molar-refractivity contribution in [2.75, 3.05) is 13.7 Å². The van der Waals surface area contributed by atoms with Crippen molar-refractivity contribution in [2.45, 2.75) is 13.8 Å². The first kappa shape index (κ1) is 18.7. The number of nitrogens with zero attached hydrogens (tertiary/aromatic N) is 2. The second-order valence-corrected chi connectivity index (χ2v) is 6.74. The number of aryl methyl sites for hydroxylation is 1. The number of fused-ring (bicyclic) bond motifs is 1. The van der Waals surface area contributed by atoms with Crippen molar-refractivity contribution in [2.24, 2.45) is 10.1 Å². The van der Waals surface area contributed by atoms with Crippen LogP contribution in [0.2, 0.25) is 0 Å². The second kappa shape index (κ2) is 8.19. The van der Waals surface area contributed by atoms with E-state index in [9.17, 15) is 0 Å². The van der Waals surface area contributed by atoms with E-state index in [1.54, 1.807) is 7.11 Å². The van der Waals surface area contributed by atoms with E-state index in [2.05, 4.69) is 24.5 Å². The van der Waals surface area contributed by atoms with Crippen LogP contribution in [0, 0.1) is 6.92 Å². The Hall–Kier alpha value is -3.60. The third kappa shape index (κ3) is 3.99. The van der Waals surface area contributed by atoms with Crippen LogP contribution in [0.5, 0.6) is 11.5 Å². The molecule has 5 nitrogen and oxygen atoms in total. The lowest BCUT2D eigenvalue weighted by Gasteiger charge is -2.10. The van der Waals surface area contributed by atoms with Crippen LogP contribution in [0.1, 0.15) is 29.2 Å². The molecule has 4 rings (SSSR count). The SMILES string of the molecule is CCOc1ccc(C2=NNC(c3ccc(C)cc3)=Nc3ccc(OC)cc32)cc1. The zero-order valence-electron chi connectivity index (χ0n) is 16.8. The molecule has 0 aliphatic carbocycles. The van der Waals surface area contributed by atoms with Crippen molar-refractivity contribution >= 4 is 17.2 Å². The number of nitrogens with one attached hydrogen (secondary N) is 1. The fourth-order valence-electron chi connectivity index (χ4n) is 3.18. The minimum absolute atomic E-state index is 0.635. The highest BCUT2D eigenvalue weighted by Crippen LogP contribution is 2.30. The topological polar surface area (TPSA) is 55.2 Å². The number of aliphatic imine (C=N–C) groups is 1. The van der Waals surface area contributed by atoms with Gasteiger partial charge in [0.2, 0.25) is 0 Å². The summed E-state index contributed by atoms with van der Waals surface area (Å²) < 4.78 is 11.0. The number of rotatable bonds is 5. The molecule has 1 N–H and O–H groups in total. The summed E-state index contributed by atoms with van der Waals surface area (Å²) in [6.07, 6.45) is 0. The standard InChI is InChI=1S/C24H23N3O2/c1-4-29-19-11-9-17(10-12-19)23-21-15-20(28-3)13-14-22(21)25-24(27-26-23)18-7-5-16(2)6-8-18/h5-15H,4H2,1-3H3,(H,25,27). The minimum Gasteiger partial charge on any atom is -0.497 e. The van der Waals surface area contributed by atoms with Crippen LogP contribution >= 0.6 is 0 Å². The maximum Gasteiger partial charge on any atom is 0.154 e. The largest absolute Gasteiger partial charge is 0.497 e. The number of hydrazone groups is 1. The third-order valence-electron chi connectivity index (χ3n) is 4.73. The van der Waals surface area contributed by atoms with Gasteiger partial charge in [0, 0.05) is 16.7 Å². The summed E-state index contributed by atoms with van der Waals surface area (Å²) in [6.45, 7) is 4.67. The Morgan fingerprint density at radius 2 is 1.55 bits per heavy atom. The third-order valence-corrected chi connectivity index (χ3v) is 4.73. The maximum absolute atomic E-state index is 5.57. The number of methoxy groups -OCH3 is 1. The highest BCUT2D eigenvalue weighted by molar-refractivity contribution is 6.18. The van der Waals surface area contributed by atoms with Crippen LogP contribution in [0.15, 0.2) is 76.8 Å². The van der Waals surface area contributed by atoms with E-state index in [0.717, 1.165) is 39.6 Å². The van der Waals surface area contributed by atoms with Crippen LogP contribution in [0.3, 0.4) is 0 Å². The van der Waals surface area contributed by atoms with Gasteiger partial charge >= 0.3 is 0 Å². The summed E-state index contributed by atoms with van der Waals surface area (Å²) >= 11 is 0. The van der Waals surface area contributed by atoms with Crippen LogP contribution in [0.4, 0.5) is 5.69 Å². The molecule has 0 saturated heterocycles. The van der Waals surface area contributed by atoms with Gasteiger partial charge in [0.25, 0.3) is 0 Å². The van der Waals surface area contributed by atoms with Crippen LogP contribution < -0.4 is 14.9 Å². The summed E-state index contributed by atoms with van der Waals surface area (Å²) in [6, 6.07) is 22.0. The number of ether oxygens (including phenoxy) is 2. The van der Waals surface area contributed by atoms with E-state index >= 15 is 0 Å². The molecule has 0 atom stereocenters. The number of amidine groups is 1. The Labute approximate surface area is 170 Å². The normalized spacial score (nSPS) is 12.8. The highest BCUT2D eigenvalue weighted by atomic mass is 16.5. The van der Waals surface area contributed by atoms with Crippen molar-refractivity contribution in [1.82, 2.24) is 5.43 Å². The highest BCUT2D eigenvalue weighted by Gasteiger charge is 2.18. The van der Waals surface area contributed by atoms with Gasteiger partial charge in [0.1, 0.15) is 17.2 Å². The lowest BCUT2D eigenvalue weighted by atomic mass is 10.0. The molecule has 3 aromatic rings. The van der Waals surface area contributed by atoms with Gasteiger partial charge in [-0.05, 0) is 56.3 Å². The molecule has 0 bridgehead atoms. The van der Waals surface area contributed by atoms with Gasteiger partial charge in [-0.3, -0.25) is 5.43 Å². The van der Waals surface area contributed by atoms with Gasteiger partial charge in [0.05, 0.1) is 19.4 Å². The van der Waals surface area contributed by atoms with Gasteiger partial charge in [-0.1, -0.05) is 29.8 Å². The quantitative estimate of drug-likeness (QED) is 0.684. The van der Waals surface area contributed by atoms with E-state index in [0.29, 0.717) is 12.4 Å². The minimum atomic E-state index is 0.635. The molecule has 5 heteroatoms. The average molecular weight is 385 g/mol. The van der Waals surface area contributed by atoms with Crippen LogP contribution in [-0.2, 0) is 0 Å². The Kier molecular flexibility index (Phi) is 5.29. The molecule has 0 fully saturated rings. The van der Waals surface area contributed by atoms with Gasteiger partial charge in [-0.25, -0.2) is 4.99 Å². The number of hydrogen-bond donors (Lipinski definition) is 1. The Morgan fingerprint density at radius 3 is 2.24 bits per heavy atom. The molecule has 29 heavy (non-hydrogen) atoms. The number of hydrogen-bond acceptors (Lipinski definition) is 5. The summed E-state index contributed by atoms with van der Waals surface area (Å²) in [5, 5.41) is 4.71. The first-order valence-electron chi connectivity index (χ1n) is 9.59. The van der Waals surface area contributed by atoms with E-state index < -0.39 is 0 Å². The van der Waals surface area contributed by atoms with Gasteiger partial charge < -0.3 is 9.47 Å². The fourth-order valence-corrected chi connectivity index (χ4v) is 3.18. The summed E-state index contributed by atoms with van der Waals surface area (Å²) in [4.78, 5) is 4.85. The van der Waals surface area contributed by atoms with Crippen molar-refractivity contribution in [3.05, 3.63) is 89.0 Å². The summed E-state index contributed by atoms with van der Waals surface area (Å²) in [5.74, 6) is 2.30. The molecule has 1 aliphatic heterocycles. The van der Waals surface area contributed by atoms with E-state index in [1.165, 1.54) is 5.56 Å². The van der Waals surface area contributed by atoms with Crippen molar-refractivity contribution < 1.29 is 9.47 Å². The predicted octanol–water partition coefficient (Wildman–Crippen LogP) is 4.84. The molecular formula is C24H23N3O2. The lowest BCUT2D eigenvalue weighted by molar-refractivity contribution is 0.340. The van der Waals surface area contributed by atoms with E-state index in [-0.39, 0.29) is 0 Å². The van der Waals surface area contributed by atoms with Crippen molar-refractivity contribution in [3.8, 4) is 11.5 Å². The van der Waals surface area contributed by atoms with Gasteiger partial charge in [-0.15, -0.1) is 0 Å². The fraction of sp³-hybridized carbons (Fsp3) is 0.167. The molecule has 0 aromatic heterocycles. The zero-order chi connectivity index (χ0) is 20.2. The smallest absolute Gasteiger partial charge is 0.154 e. The molecule has 146 valence electrons. The van der Waals surface area contributed by atoms with Crippen LogP contribution in [-0.4, -0.2) is 25.3 Å². The van der Waals surface area contributed by atoms with Crippen molar-refractivity contribution in [1.29, 1.82) is 0 Å². The number of benzene rings is 3. The van der Waals surface area contributed by atoms with E-state index in [1.807, 2.05) is 61.5 Å². The summed E-state index contributed by atoms with van der Waals surface area (Å²) in [5.41, 5.74) is 8.84. The van der Waals surface area contributed by atoms with Crippen LogP contribution in [0.25, 0.3) is 0 Å². The Bertz CT molecular complexity index is 1070. The molecule has 0 amide bonds. The Balaban J connectivity index is 1.80. The van der Waals surface area contributed by atoms with E-state index in [4.69, 9.17) is 19.6 Å².